The van der Waals surface area contributed by atoms with E-state index < -0.39 is 0 Å². The third-order valence-corrected chi connectivity index (χ3v) is 3.04. The van der Waals surface area contributed by atoms with Gasteiger partial charge in [0.05, 0.1) is 18.5 Å². The summed E-state index contributed by atoms with van der Waals surface area (Å²) in [5, 5.41) is 0. The quantitative estimate of drug-likeness (QED) is 0.723. The van der Waals surface area contributed by atoms with Gasteiger partial charge in [-0.15, -0.1) is 0 Å². The summed E-state index contributed by atoms with van der Waals surface area (Å²) in [6, 6.07) is 3.63. The zero-order chi connectivity index (χ0) is 14.3. The predicted molar refractivity (Wildman–Crippen MR) is 77.4 cm³/mol. The van der Waals surface area contributed by atoms with Crippen molar-refractivity contribution in [1.29, 1.82) is 0 Å². The van der Waals surface area contributed by atoms with Crippen LogP contribution in [0.3, 0.4) is 0 Å². The Morgan fingerprint density at radius 3 is 2.68 bits per heavy atom. The van der Waals surface area contributed by atoms with E-state index in [4.69, 9.17) is 4.74 Å². The third kappa shape index (κ3) is 4.31. The number of anilines is 1. The minimum atomic E-state index is -0.242. The summed E-state index contributed by atoms with van der Waals surface area (Å²) >= 11 is 0. The van der Waals surface area contributed by atoms with E-state index in [2.05, 4.69) is 16.8 Å². The standard InChI is InChI=1S/C15H24N2O2/c1-5-9-17(13-7-6-8-16-10-13)14(11-19-4)15(18)12(2)3/h6-8,10,12,14H,5,9,11H2,1-4H3. The Bertz CT molecular complexity index is 379. The zero-order valence-corrected chi connectivity index (χ0v) is 12.3. The van der Waals surface area contributed by atoms with Crippen molar-refractivity contribution in [2.24, 2.45) is 5.92 Å². The predicted octanol–water partition coefficient (Wildman–Crippen LogP) is 2.54. The molecule has 0 bridgehead atoms. The average Bonchev–Trinajstić information content (AvgIpc) is 2.43. The number of pyridine rings is 1. The minimum absolute atomic E-state index is 0.00354. The Balaban J connectivity index is 3.02. The van der Waals surface area contributed by atoms with Gasteiger partial charge in [-0.2, -0.15) is 0 Å². The summed E-state index contributed by atoms with van der Waals surface area (Å²) in [5.41, 5.74) is 0.973. The van der Waals surface area contributed by atoms with Crippen LogP contribution in [0, 0.1) is 5.92 Å². The van der Waals surface area contributed by atoms with Crippen LogP contribution in [0.25, 0.3) is 0 Å². The summed E-state index contributed by atoms with van der Waals surface area (Å²) in [5.74, 6) is 0.204. The number of Topliss-reactive ketones (excluding diaryl/α,β-unsaturated/α-hetero) is 1. The highest BCUT2D eigenvalue weighted by Crippen LogP contribution is 2.18. The Hall–Kier alpha value is -1.42. The zero-order valence-electron chi connectivity index (χ0n) is 12.3. The molecule has 0 aliphatic rings. The van der Waals surface area contributed by atoms with E-state index in [0.717, 1.165) is 18.7 Å². The molecule has 0 aliphatic heterocycles. The molecule has 1 atom stereocenters. The third-order valence-electron chi connectivity index (χ3n) is 3.04. The van der Waals surface area contributed by atoms with Crippen LogP contribution in [-0.2, 0) is 9.53 Å². The molecule has 1 aromatic rings. The van der Waals surface area contributed by atoms with Crippen molar-refractivity contribution in [2.45, 2.75) is 33.2 Å². The molecule has 0 N–H and O–H groups in total. The molecule has 1 aromatic heterocycles. The number of carbonyl (C=O) groups is 1. The summed E-state index contributed by atoms with van der Waals surface area (Å²) in [4.78, 5) is 18.6. The Labute approximate surface area is 115 Å². The van der Waals surface area contributed by atoms with Crippen LogP contribution in [0.2, 0.25) is 0 Å². The highest BCUT2D eigenvalue weighted by Gasteiger charge is 2.27. The van der Waals surface area contributed by atoms with E-state index in [1.165, 1.54) is 0 Å². The molecular formula is C15H24N2O2. The summed E-state index contributed by atoms with van der Waals surface area (Å²) in [7, 11) is 1.63. The lowest BCUT2D eigenvalue weighted by atomic mass is 10.0. The van der Waals surface area contributed by atoms with E-state index in [9.17, 15) is 4.79 Å². The second kappa shape index (κ2) is 7.89. The minimum Gasteiger partial charge on any atom is -0.382 e. The molecule has 0 aliphatic carbocycles. The van der Waals surface area contributed by atoms with Crippen molar-refractivity contribution in [2.75, 3.05) is 25.2 Å². The fraction of sp³-hybridized carbons (Fsp3) is 0.600. The van der Waals surface area contributed by atoms with Gasteiger partial charge in [-0.1, -0.05) is 20.8 Å². The molecule has 0 saturated heterocycles. The fourth-order valence-corrected chi connectivity index (χ4v) is 2.10. The number of ether oxygens (including phenoxy) is 1. The van der Waals surface area contributed by atoms with Crippen LogP contribution in [-0.4, -0.2) is 37.1 Å². The molecule has 0 spiro atoms. The lowest BCUT2D eigenvalue weighted by Gasteiger charge is -2.32. The largest absolute Gasteiger partial charge is 0.382 e. The maximum Gasteiger partial charge on any atom is 0.160 e. The van der Waals surface area contributed by atoms with Crippen molar-refractivity contribution in [3.8, 4) is 0 Å². The molecular weight excluding hydrogens is 240 g/mol. The number of rotatable bonds is 8. The van der Waals surface area contributed by atoms with Gasteiger partial charge in [0, 0.05) is 25.8 Å². The molecule has 0 fully saturated rings. The SMILES string of the molecule is CCCN(c1cccnc1)C(COC)C(=O)C(C)C. The van der Waals surface area contributed by atoms with Gasteiger partial charge in [0.25, 0.3) is 0 Å². The van der Waals surface area contributed by atoms with Gasteiger partial charge < -0.3 is 9.64 Å². The van der Waals surface area contributed by atoms with Gasteiger partial charge in [0.2, 0.25) is 0 Å². The summed E-state index contributed by atoms with van der Waals surface area (Å²) in [6.07, 6.45) is 4.51. The van der Waals surface area contributed by atoms with Gasteiger partial charge in [0.1, 0.15) is 6.04 Å². The highest BCUT2D eigenvalue weighted by molar-refractivity contribution is 5.88. The second-order valence-corrected chi connectivity index (χ2v) is 4.93. The maximum absolute atomic E-state index is 12.4. The van der Waals surface area contributed by atoms with Crippen LogP contribution in [0.4, 0.5) is 5.69 Å². The molecule has 0 aromatic carbocycles. The Kier molecular flexibility index (Phi) is 6.50. The molecule has 1 heterocycles. The lowest BCUT2D eigenvalue weighted by Crippen LogP contribution is -2.46. The van der Waals surface area contributed by atoms with Crippen LogP contribution >= 0.6 is 0 Å². The number of hydrogen-bond donors (Lipinski definition) is 0. The van der Waals surface area contributed by atoms with Gasteiger partial charge in [-0.3, -0.25) is 9.78 Å². The molecule has 106 valence electrons. The number of methoxy groups -OCH3 is 1. The van der Waals surface area contributed by atoms with E-state index in [-0.39, 0.29) is 17.7 Å². The first-order chi connectivity index (χ1) is 9.11. The molecule has 1 unspecified atom stereocenters. The molecule has 4 heteroatoms. The molecule has 0 saturated carbocycles. The van der Waals surface area contributed by atoms with Crippen molar-refractivity contribution >= 4 is 11.5 Å². The Morgan fingerprint density at radius 1 is 1.47 bits per heavy atom. The second-order valence-electron chi connectivity index (χ2n) is 4.93. The van der Waals surface area contributed by atoms with Crippen LogP contribution in [0.5, 0.6) is 0 Å². The van der Waals surface area contributed by atoms with Gasteiger partial charge in [-0.05, 0) is 18.6 Å². The van der Waals surface area contributed by atoms with Gasteiger partial charge >= 0.3 is 0 Å². The van der Waals surface area contributed by atoms with Crippen molar-refractivity contribution in [3.63, 3.8) is 0 Å². The van der Waals surface area contributed by atoms with Crippen LogP contribution in [0.1, 0.15) is 27.2 Å². The average molecular weight is 264 g/mol. The number of aromatic nitrogens is 1. The topological polar surface area (TPSA) is 42.4 Å². The number of hydrogen-bond acceptors (Lipinski definition) is 4. The lowest BCUT2D eigenvalue weighted by molar-refractivity contribution is -0.124. The summed E-state index contributed by atoms with van der Waals surface area (Å²) in [6.45, 7) is 7.19. The van der Waals surface area contributed by atoms with Crippen molar-refractivity contribution < 1.29 is 9.53 Å². The number of carbonyl (C=O) groups excluding carboxylic acids is 1. The smallest absolute Gasteiger partial charge is 0.160 e. The van der Waals surface area contributed by atoms with Crippen LogP contribution < -0.4 is 4.90 Å². The van der Waals surface area contributed by atoms with Gasteiger partial charge in [-0.25, -0.2) is 0 Å². The van der Waals surface area contributed by atoms with E-state index in [1.807, 2.05) is 26.0 Å². The molecule has 1 rings (SSSR count). The molecule has 0 amide bonds. The first kappa shape index (κ1) is 15.6. The van der Waals surface area contributed by atoms with Gasteiger partial charge in [0.15, 0.2) is 5.78 Å². The van der Waals surface area contributed by atoms with E-state index in [1.54, 1.807) is 19.5 Å². The molecule has 19 heavy (non-hydrogen) atoms. The number of ketones is 1. The number of nitrogens with zero attached hydrogens (tertiary/aromatic N) is 2. The van der Waals surface area contributed by atoms with E-state index >= 15 is 0 Å². The molecule has 4 nitrogen and oxygen atoms in total. The molecule has 0 radical (unpaired) electrons. The maximum atomic E-state index is 12.4. The van der Waals surface area contributed by atoms with Crippen molar-refractivity contribution in [1.82, 2.24) is 4.98 Å². The first-order valence-electron chi connectivity index (χ1n) is 6.81. The normalized spacial score (nSPS) is 12.5. The highest BCUT2D eigenvalue weighted by atomic mass is 16.5. The fourth-order valence-electron chi connectivity index (χ4n) is 2.10. The monoisotopic (exact) mass is 264 g/mol. The van der Waals surface area contributed by atoms with Crippen molar-refractivity contribution in [3.05, 3.63) is 24.5 Å². The van der Waals surface area contributed by atoms with Crippen LogP contribution in [0.15, 0.2) is 24.5 Å². The Morgan fingerprint density at radius 2 is 2.21 bits per heavy atom. The summed E-state index contributed by atoms with van der Waals surface area (Å²) < 4.78 is 5.24. The van der Waals surface area contributed by atoms with E-state index in [0.29, 0.717) is 6.61 Å². The first-order valence-corrected chi connectivity index (χ1v) is 6.81.